The summed E-state index contributed by atoms with van der Waals surface area (Å²) in [6, 6.07) is 0. The molecule has 3 rings (SSSR count). The maximum Gasteiger partial charge on any atom is 0.329 e. The van der Waals surface area contributed by atoms with Crippen molar-refractivity contribution in [2.45, 2.75) is 30.8 Å². The SMILES string of the molecule is O=C(/C=C/c1c2n(c(=O)[nH]c1=O)CCS2)N1CCCCC1. The molecule has 3 heterocycles. The summed E-state index contributed by atoms with van der Waals surface area (Å²) in [6.45, 7) is 2.15. The number of fused-ring (bicyclic) bond motifs is 1. The number of piperidine rings is 1. The van der Waals surface area contributed by atoms with Crippen molar-refractivity contribution in [2.75, 3.05) is 18.8 Å². The van der Waals surface area contributed by atoms with Gasteiger partial charge in [0.2, 0.25) is 5.91 Å². The molecule has 21 heavy (non-hydrogen) atoms. The third-order valence-corrected chi connectivity index (χ3v) is 4.90. The molecule has 0 aromatic carbocycles. The Morgan fingerprint density at radius 2 is 1.90 bits per heavy atom. The Hall–Kier alpha value is -1.76. The molecule has 1 aromatic rings. The molecule has 0 radical (unpaired) electrons. The van der Waals surface area contributed by atoms with Gasteiger partial charge in [0, 0.05) is 31.5 Å². The van der Waals surface area contributed by atoms with E-state index in [9.17, 15) is 14.4 Å². The largest absolute Gasteiger partial charge is 0.339 e. The molecule has 1 amide bonds. The van der Waals surface area contributed by atoms with Crippen molar-refractivity contribution in [1.82, 2.24) is 14.5 Å². The van der Waals surface area contributed by atoms with Crippen LogP contribution in [0.3, 0.4) is 0 Å². The maximum absolute atomic E-state index is 12.1. The maximum atomic E-state index is 12.1. The molecule has 1 aromatic heterocycles. The Morgan fingerprint density at radius 3 is 2.67 bits per heavy atom. The Bertz CT molecular complexity index is 698. The molecule has 1 N–H and O–H groups in total. The van der Waals surface area contributed by atoms with E-state index in [0.717, 1.165) is 31.7 Å². The number of aromatic nitrogens is 2. The van der Waals surface area contributed by atoms with Gasteiger partial charge in [0.1, 0.15) is 0 Å². The second-order valence-corrected chi connectivity index (χ2v) is 6.28. The number of likely N-dealkylation sites (tertiary alicyclic amines) is 1. The minimum atomic E-state index is -0.427. The minimum Gasteiger partial charge on any atom is -0.339 e. The Balaban J connectivity index is 1.86. The third kappa shape index (κ3) is 2.83. The fraction of sp³-hybridized carbons (Fsp3) is 0.500. The molecule has 2 aliphatic rings. The van der Waals surface area contributed by atoms with E-state index in [1.54, 1.807) is 15.5 Å². The van der Waals surface area contributed by atoms with Crippen LogP contribution in [-0.2, 0) is 11.3 Å². The van der Waals surface area contributed by atoms with E-state index in [-0.39, 0.29) is 11.6 Å². The molecule has 112 valence electrons. The van der Waals surface area contributed by atoms with Crippen LogP contribution in [0.5, 0.6) is 0 Å². The molecule has 0 saturated carbocycles. The zero-order valence-electron chi connectivity index (χ0n) is 11.6. The van der Waals surface area contributed by atoms with E-state index < -0.39 is 5.56 Å². The lowest BCUT2D eigenvalue weighted by Gasteiger charge is -2.25. The van der Waals surface area contributed by atoms with E-state index in [2.05, 4.69) is 4.98 Å². The van der Waals surface area contributed by atoms with Crippen molar-refractivity contribution in [3.05, 3.63) is 32.5 Å². The number of thioether (sulfide) groups is 1. The fourth-order valence-corrected chi connectivity index (χ4v) is 3.79. The number of nitrogens with one attached hydrogen (secondary N) is 1. The van der Waals surface area contributed by atoms with Gasteiger partial charge < -0.3 is 4.90 Å². The summed E-state index contributed by atoms with van der Waals surface area (Å²) in [5, 5.41) is 0.659. The zero-order chi connectivity index (χ0) is 14.8. The molecular weight excluding hydrogens is 290 g/mol. The molecule has 0 atom stereocenters. The van der Waals surface area contributed by atoms with Gasteiger partial charge in [0.15, 0.2) is 0 Å². The van der Waals surface area contributed by atoms with Crippen LogP contribution in [0.4, 0.5) is 0 Å². The van der Waals surface area contributed by atoms with Gasteiger partial charge in [0.05, 0.1) is 10.6 Å². The summed E-state index contributed by atoms with van der Waals surface area (Å²) in [6.07, 6.45) is 6.22. The summed E-state index contributed by atoms with van der Waals surface area (Å²) < 4.78 is 1.55. The molecule has 1 saturated heterocycles. The molecule has 7 heteroatoms. The molecule has 0 aliphatic carbocycles. The monoisotopic (exact) mass is 307 g/mol. The standard InChI is InChI=1S/C14H17N3O3S/c18-11(16-6-2-1-3-7-16)5-4-10-12(19)15-14(20)17-8-9-21-13(10)17/h4-5H,1-3,6-9H2,(H,15,19,20)/b5-4+. The molecular formula is C14H17N3O3S. The second-order valence-electron chi connectivity index (χ2n) is 5.20. The normalized spacial score (nSPS) is 18.2. The van der Waals surface area contributed by atoms with E-state index in [1.807, 2.05) is 0 Å². The summed E-state index contributed by atoms with van der Waals surface area (Å²) in [5.41, 5.74) is -0.398. The number of aromatic amines is 1. The van der Waals surface area contributed by atoms with E-state index in [0.29, 0.717) is 17.1 Å². The number of rotatable bonds is 2. The first-order chi connectivity index (χ1) is 10.2. The van der Waals surface area contributed by atoms with Crippen molar-refractivity contribution in [3.8, 4) is 0 Å². The van der Waals surface area contributed by atoms with Gasteiger partial charge in [0.25, 0.3) is 5.56 Å². The van der Waals surface area contributed by atoms with Crippen LogP contribution < -0.4 is 11.2 Å². The first-order valence-electron chi connectivity index (χ1n) is 7.14. The molecule has 0 bridgehead atoms. The molecule has 0 spiro atoms. The van der Waals surface area contributed by atoms with Crippen molar-refractivity contribution in [2.24, 2.45) is 0 Å². The van der Waals surface area contributed by atoms with Gasteiger partial charge in [-0.05, 0) is 25.3 Å². The highest BCUT2D eigenvalue weighted by Crippen LogP contribution is 2.25. The summed E-state index contributed by atoms with van der Waals surface area (Å²) in [5.74, 6) is 0.704. The van der Waals surface area contributed by atoms with Gasteiger partial charge in [-0.3, -0.25) is 19.1 Å². The van der Waals surface area contributed by atoms with E-state index in [4.69, 9.17) is 0 Å². The summed E-state index contributed by atoms with van der Waals surface area (Å²) in [4.78, 5) is 39.8. The quantitative estimate of drug-likeness (QED) is 0.643. The van der Waals surface area contributed by atoms with Crippen LogP contribution in [-0.4, -0.2) is 39.2 Å². The number of H-pyrrole nitrogens is 1. The number of nitrogens with zero attached hydrogens (tertiary/aromatic N) is 2. The van der Waals surface area contributed by atoms with Crippen molar-refractivity contribution in [1.29, 1.82) is 0 Å². The van der Waals surface area contributed by atoms with Gasteiger partial charge in [-0.25, -0.2) is 4.79 Å². The predicted molar refractivity (Wildman–Crippen MR) is 81.5 cm³/mol. The highest BCUT2D eigenvalue weighted by Gasteiger charge is 2.19. The Kier molecular flexibility index (Phi) is 4.01. The molecule has 1 fully saturated rings. The van der Waals surface area contributed by atoms with Gasteiger partial charge >= 0.3 is 5.69 Å². The first kappa shape index (κ1) is 14.2. The lowest BCUT2D eigenvalue weighted by molar-refractivity contribution is -0.126. The van der Waals surface area contributed by atoms with Crippen molar-refractivity contribution in [3.63, 3.8) is 0 Å². The molecule has 2 aliphatic heterocycles. The second kappa shape index (κ2) is 5.93. The highest BCUT2D eigenvalue weighted by molar-refractivity contribution is 7.99. The van der Waals surface area contributed by atoms with Gasteiger partial charge in [-0.1, -0.05) is 0 Å². The van der Waals surface area contributed by atoms with Crippen LogP contribution in [0.25, 0.3) is 6.08 Å². The van der Waals surface area contributed by atoms with Crippen LogP contribution in [0.15, 0.2) is 20.7 Å². The average Bonchev–Trinajstić information content (AvgIpc) is 2.97. The highest BCUT2D eigenvalue weighted by atomic mass is 32.2. The lowest BCUT2D eigenvalue weighted by atomic mass is 10.1. The third-order valence-electron chi connectivity index (χ3n) is 3.80. The first-order valence-corrected chi connectivity index (χ1v) is 8.12. The van der Waals surface area contributed by atoms with Gasteiger partial charge in [-0.15, -0.1) is 11.8 Å². The molecule has 0 unspecified atom stereocenters. The van der Waals surface area contributed by atoms with E-state index in [1.165, 1.54) is 24.3 Å². The Morgan fingerprint density at radius 1 is 1.14 bits per heavy atom. The minimum absolute atomic E-state index is 0.0675. The number of carbonyl (C=O) groups is 1. The average molecular weight is 307 g/mol. The molecule has 6 nitrogen and oxygen atoms in total. The van der Waals surface area contributed by atoms with Crippen LogP contribution in [0.1, 0.15) is 24.8 Å². The summed E-state index contributed by atoms with van der Waals surface area (Å²) in [7, 11) is 0. The fourth-order valence-electron chi connectivity index (χ4n) is 2.68. The summed E-state index contributed by atoms with van der Waals surface area (Å²) >= 11 is 1.48. The topological polar surface area (TPSA) is 75.2 Å². The predicted octanol–water partition coefficient (Wildman–Crippen LogP) is 0.668. The number of amides is 1. The van der Waals surface area contributed by atoms with Crippen molar-refractivity contribution >= 4 is 23.7 Å². The van der Waals surface area contributed by atoms with Gasteiger partial charge in [-0.2, -0.15) is 0 Å². The zero-order valence-corrected chi connectivity index (χ0v) is 12.4. The van der Waals surface area contributed by atoms with Crippen LogP contribution in [0.2, 0.25) is 0 Å². The van der Waals surface area contributed by atoms with E-state index >= 15 is 0 Å². The number of carbonyl (C=O) groups excluding carboxylic acids is 1. The number of hydrogen-bond donors (Lipinski definition) is 1. The number of hydrogen-bond acceptors (Lipinski definition) is 4. The Labute approximate surface area is 125 Å². The van der Waals surface area contributed by atoms with Crippen LogP contribution >= 0.6 is 11.8 Å². The van der Waals surface area contributed by atoms with Crippen molar-refractivity contribution < 1.29 is 4.79 Å². The van der Waals surface area contributed by atoms with Crippen LogP contribution in [0, 0.1) is 0 Å². The smallest absolute Gasteiger partial charge is 0.329 e. The lowest BCUT2D eigenvalue weighted by Crippen LogP contribution is -2.34.